The second kappa shape index (κ2) is 6.90. The van der Waals surface area contributed by atoms with Crippen LogP contribution in [0.4, 0.5) is 0 Å². The lowest BCUT2D eigenvalue weighted by Crippen LogP contribution is -2.49. The zero-order valence-corrected chi connectivity index (χ0v) is 13.2. The number of carbonyl (C=O) groups excluding carboxylic acids is 1. The van der Waals surface area contributed by atoms with Crippen molar-refractivity contribution >= 4 is 5.91 Å². The van der Waals surface area contributed by atoms with Gasteiger partial charge in [0.05, 0.1) is 12.1 Å². The number of aliphatic hydroxyl groups excluding tert-OH is 1. The molecule has 1 saturated heterocycles. The van der Waals surface area contributed by atoms with Crippen molar-refractivity contribution in [3.05, 3.63) is 0 Å². The number of carbonyl (C=O) groups is 1. The van der Waals surface area contributed by atoms with Gasteiger partial charge < -0.3 is 10.0 Å². The van der Waals surface area contributed by atoms with E-state index in [-0.39, 0.29) is 18.1 Å². The standard InChI is InChI=1S/C16H30N2O2/c1-12-7-9-18(10-8-12)16(20)13(2)17(3)11-14-5-4-6-15(14)19/h12-15,19H,4-11H2,1-3H3. The predicted octanol–water partition coefficient (Wildman–Crippen LogP) is 1.73. The molecule has 0 radical (unpaired) electrons. The average molecular weight is 282 g/mol. The van der Waals surface area contributed by atoms with Gasteiger partial charge in [0.15, 0.2) is 0 Å². The van der Waals surface area contributed by atoms with Crippen molar-refractivity contribution in [1.29, 1.82) is 0 Å². The van der Waals surface area contributed by atoms with Crippen LogP contribution in [0.1, 0.15) is 46.0 Å². The van der Waals surface area contributed by atoms with Crippen LogP contribution >= 0.6 is 0 Å². The third kappa shape index (κ3) is 3.73. The number of hydrogen-bond acceptors (Lipinski definition) is 3. The minimum absolute atomic E-state index is 0.0730. The molecule has 3 atom stereocenters. The van der Waals surface area contributed by atoms with E-state index in [0.29, 0.717) is 5.92 Å². The van der Waals surface area contributed by atoms with E-state index in [2.05, 4.69) is 11.8 Å². The highest BCUT2D eigenvalue weighted by molar-refractivity contribution is 5.81. The van der Waals surface area contributed by atoms with E-state index in [0.717, 1.165) is 57.7 Å². The van der Waals surface area contributed by atoms with Crippen molar-refractivity contribution in [1.82, 2.24) is 9.80 Å². The lowest BCUT2D eigenvalue weighted by atomic mass is 9.98. The normalized spacial score (nSPS) is 29.9. The molecule has 0 aromatic carbocycles. The van der Waals surface area contributed by atoms with Crippen LogP contribution in [0.5, 0.6) is 0 Å². The average Bonchev–Trinajstić information content (AvgIpc) is 2.83. The number of likely N-dealkylation sites (N-methyl/N-ethyl adjacent to an activating group) is 1. The van der Waals surface area contributed by atoms with Gasteiger partial charge in [-0.1, -0.05) is 13.3 Å². The molecule has 1 aliphatic heterocycles. The van der Waals surface area contributed by atoms with Crippen LogP contribution < -0.4 is 0 Å². The number of rotatable bonds is 4. The van der Waals surface area contributed by atoms with Gasteiger partial charge in [0.25, 0.3) is 0 Å². The topological polar surface area (TPSA) is 43.8 Å². The van der Waals surface area contributed by atoms with Crippen LogP contribution in [0.3, 0.4) is 0 Å². The van der Waals surface area contributed by atoms with E-state index in [1.807, 2.05) is 18.9 Å². The summed E-state index contributed by atoms with van der Waals surface area (Å²) < 4.78 is 0. The fourth-order valence-electron chi connectivity index (χ4n) is 3.44. The third-order valence-corrected chi connectivity index (χ3v) is 5.26. The molecule has 1 saturated carbocycles. The third-order valence-electron chi connectivity index (χ3n) is 5.26. The van der Waals surface area contributed by atoms with Gasteiger partial charge in [-0.25, -0.2) is 0 Å². The van der Waals surface area contributed by atoms with Crippen molar-refractivity contribution in [2.24, 2.45) is 11.8 Å². The van der Waals surface area contributed by atoms with Gasteiger partial charge in [-0.2, -0.15) is 0 Å². The summed E-state index contributed by atoms with van der Waals surface area (Å²) in [5, 5.41) is 9.91. The molecule has 2 fully saturated rings. The molecule has 2 aliphatic rings. The molecule has 2 rings (SSSR count). The quantitative estimate of drug-likeness (QED) is 0.854. The second-order valence-electron chi connectivity index (χ2n) is 6.88. The van der Waals surface area contributed by atoms with E-state index in [1.54, 1.807) is 0 Å². The van der Waals surface area contributed by atoms with Crippen LogP contribution in [-0.2, 0) is 4.79 Å². The van der Waals surface area contributed by atoms with E-state index in [1.165, 1.54) is 0 Å². The second-order valence-corrected chi connectivity index (χ2v) is 6.88. The first-order valence-electron chi connectivity index (χ1n) is 8.16. The first-order valence-corrected chi connectivity index (χ1v) is 8.16. The van der Waals surface area contributed by atoms with Gasteiger partial charge in [0.1, 0.15) is 0 Å². The van der Waals surface area contributed by atoms with Crippen LogP contribution in [0, 0.1) is 11.8 Å². The number of nitrogens with zero attached hydrogens (tertiary/aromatic N) is 2. The summed E-state index contributed by atoms with van der Waals surface area (Å²) in [5.74, 6) is 1.35. The van der Waals surface area contributed by atoms with E-state index in [4.69, 9.17) is 0 Å². The van der Waals surface area contributed by atoms with E-state index >= 15 is 0 Å². The van der Waals surface area contributed by atoms with E-state index < -0.39 is 0 Å². The monoisotopic (exact) mass is 282 g/mol. The molecule has 1 amide bonds. The SMILES string of the molecule is CC1CCN(C(=O)C(C)N(C)CC2CCCC2O)CC1. The summed E-state index contributed by atoms with van der Waals surface area (Å²) in [7, 11) is 2.01. The van der Waals surface area contributed by atoms with Crippen molar-refractivity contribution in [3.63, 3.8) is 0 Å². The smallest absolute Gasteiger partial charge is 0.239 e. The molecule has 3 unspecified atom stereocenters. The van der Waals surface area contributed by atoms with Gasteiger partial charge in [-0.15, -0.1) is 0 Å². The Morgan fingerprint density at radius 1 is 1.30 bits per heavy atom. The van der Waals surface area contributed by atoms with Crippen LogP contribution in [-0.4, -0.2) is 59.6 Å². The molecule has 0 spiro atoms. The molecule has 1 heterocycles. The summed E-state index contributed by atoms with van der Waals surface area (Å²) in [6, 6.07) is -0.0730. The fourth-order valence-corrected chi connectivity index (χ4v) is 3.44. The summed E-state index contributed by atoms with van der Waals surface area (Å²) in [5.41, 5.74) is 0. The van der Waals surface area contributed by atoms with Crippen LogP contribution in [0.2, 0.25) is 0 Å². The minimum atomic E-state index is -0.171. The van der Waals surface area contributed by atoms with Crippen LogP contribution in [0.25, 0.3) is 0 Å². The summed E-state index contributed by atoms with van der Waals surface area (Å²) in [4.78, 5) is 16.7. The fraction of sp³-hybridized carbons (Fsp3) is 0.938. The first kappa shape index (κ1) is 15.8. The Labute approximate surface area is 123 Å². The maximum absolute atomic E-state index is 12.5. The Morgan fingerprint density at radius 2 is 1.95 bits per heavy atom. The number of likely N-dealkylation sites (tertiary alicyclic amines) is 1. The Hall–Kier alpha value is -0.610. The zero-order valence-electron chi connectivity index (χ0n) is 13.2. The van der Waals surface area contributed by atoms with Gasteiger partial charge in [0, 0.05) is 19.6 Å². The lowest BCUT2D eigenvalue weighted by Gasteiger charge is -2.35. The molecule has 116 valence electrons. The van der Waals surface area contributed by atoms with Crippen molar-refractivity contribution < 1.29 is 9.90 Å². The largest absolute Gasteiger partial charge is 0.393 e. The number of aliphatic hydroxyl groups is 1. The molecule has 4 nitrogen and oxygen atoms in total. The summed E-state index contributed by atoms with van der Waals surface area (Å²) >= 11 is 0. The molecule has 1 aliphatic carbocycles. The molecule has 4 heteroatoms. The van der Waals surface area contributed by atoms with E-state index in [9.17, 15) is 9.90 Å². The van der Waals surface area contributed by atoms with Crippen molar-refractivity contribution in [2.45, 2.75) is 58.1 Å². The zero-order chi connectivity index (χ0) is 14.7. The molecular weight excluding hydrogens is 252 g/mol. The highest BCUT2D eigenvalue weighted by Crippen LogP contribution is 2.26. The highest BCUT2D eigenvalue weighted by atomic mass is 16.3. The molecule has 0 aromatic rings. The van der Waals surface area contributed by atoms with Gasteiger partial charge in [0.2, 0.25) is 5.91 Å². The number of amides is 1. The van der Waals surface area contributed by atoms with Gasteiger partial charge in [-0.05, 0) is 51.5 Å². The first-order chi connectivity index (χ1) is 9.49. The minimum Gasteiger partial charge on any atom is -0.393 e. The Kier molecular flexibility index (Phi) is 5.44. The Balaban J connectivity index is 1.82. The number of piperidine rings is 1. The van der Waals surface area contributed by atoms with Gasteiger partial charge in [-0.3, -0.25) is 9.69 Å². The van der Waals surface area contributed by atoms with Crippen LogP contribution in [0.15, 0.2) is 0 Å². The molecule has 20 heavy (non-hydrogen) atoms. The predicted molar refractivity (Wildman–Crippen MR) is 80.4 cm³/mol. The lowest BCUT2D eigenvalue weighted by molar-refractivity contribution is -0.137. The maximum Gasteiger partial charge on any atom is 0.239 e. The Morgan fingerprint density at radius 3 is 2.50 bits per heavy atom. The highest BCUT2D eigenvalue weighted by Gasteiger charge is 2.31. The molecule has 0 aromatic heterocycles. The summed E-state index contributed by atoms with van der Waals surface area (Å²) in [6.45, 7) is 6.91. The molecule has 0 bridgehead atoms. The Bertz CT molecular complexity index is 326. The van der Waals surface area contributed by atoms with Crippen molar-refractivity contribution in [3.8, 4) is 0 Å². The maximum atomic E-state index is 12.5. The van der Waals surface area contributed by atoms with Gasteiger partial charge >= 0.3 is 0 Å². The molecular formula is C16H30N2O2. The summed E-state index contributed by atoms with van der Waals surface area (Å²) in [6.07, 6.45) is 5.22. The number of hydrogen-bond donors (Lipinski definition) is 1. The molecule has 1 N–H and O–H groups in total. The van der Waals surface area contributed by atoms with Crippen molar-refractivity contribution in [2.75, 3.05) is 26.7 Å².